The molecule has 0 bridgehead atoms. The van der Waals surface area contributed by atoms with Gasteiger partial charge in [-0.15, -0.1) is 0 Å². The summed E-state index contributed by atoms with van der Waals surface area (Å²) in [4.78, 5) is 17.9. The standard InChI is InChI=1S/C29H29N5O2/c1-18-9-14-25(20(3)15-18)33-28(35)26-21(4)32-29-30-17-31-34(29)27(26)22-10-12-24(13-11-22)36-16-23-8-6-5-7-19(23)2/h5-15,17,27H,16H2,1-4H3,(H,33,35)(H,30,31,32)/t27-/m1/s1. The largest absolute Gasteiger partial charge is 0.489 e. The van der Waals surface area contributed by atoms with Crippen molar-refractivity contribution in [1.82, 2.24) is 14.8 Å². The summed E-state index contributed by atoms with van der Waals surface area (Å²) in [5.74, 6) is 1.18. The summed E-state index contributed by atoms with van der Waals surface area (Å²) in [5.41, 5.74) is 7.53. The third-order valence-corrected chi connectivity index (χ3v) is 6.52. The van der Waals surface area contributed by atoms with Gasteiger partial charge in [0.2, 0.25) is 5.95 Å². The highest BCUT2D eigenvalue weighted by Crippen LogP contribution is 2.36. The number of aromatic nitrogens is 3. The third-order valence-electron chi connectivity index (χ3n) is 6.52. The maximum Gasteiger partial charge on any atom is 0.255 e. The van der Waals surface area contributed by atoms with E-state index in [1.165, 1.54) is 11.9 Å². The number of anilines is 2. The number of ether oxygens (including phenoxy) is 1. The monoisotopic (exact) mass is 479 g/mol. The SMILES string of the molecule is CC1=C(C(=O)Nc2ccc(C)cc2C)[C@@H](c2ccc(OCc3ccccc3C)cc2)n2ncnc2N1. The lowest BCUT2D eigenvalue weighted by atomic mass is 9.94. The molecule has 7 nitrogen and oxygen atoms in total. The zero-order valence-corrected chi connectivity index (χ0v) is 20.9. The van der Waals surface area contributed by atoms with Crippen molar-refractivity contribution in [2.24, 2.45) is 0 Å². The summed E-state index contributed by atoms with van der Waals surface area (Å²) in [7, 11) is 0. The van der Waals surface area contributed by atoms with Crippen molar-refractivity contribution >= 4 is 17.5 Å². The molecule has 182 valence electrons. The Balaban J connectivity index is 1.42. The van der Waals surface area contributed by atoms with Crippen molar-refractivity contribution in [1.29, 1.82) is 0 Å². The number of rotatable bonds is 6. The van der Waals surface area contributed by atoms with Gasteiger partial charge >= 0.3 is 0 Å². The van der Waals surface area contributed by atoms with E-state index in [1.54, 1.807) is 4.68 Å². The van der Waals surface area contributed by atoms with Gasteiger partial charge in [0.1, 0.15) is 24.7 Å². The fourth-order valence-corrected chi connectivity index (χ4v) is 4.52. The number of fused-ring (bicyclic) bond motifs is 1. The summed E-state index contributed by atoms with van der Waals surface area (Å²) in [6.45, 7) is 8.49. The molecule has 5 rings (SSSR count). The van der Waals surface area contributed by atoms with Gasteiger partial charge in [-0.05, 0) is 68.1 Å². The van der Waals surface area contributed by atoms with E-state index >= 15 is 0 Å². The molecule has 0 fully saturated rings. The van der Waals surface area contributed by atoms with Gasteiger partial charge in [0.05, 0.1) is 5.57 Å². The molecule has 0 unspecified atom stereocenters. The van der Waals surface area contributed by atoms with Crippen molar-refractivity contribution in [3.63, 3.8) is 0 Å². The summed E-state index contributed by atoms with van der Waals surface area (Å²) in [6.07, 6.45) is 1.49. The zero-order valence-electron chi connectivity index (χ0n) is 20.9. The van der Waals surface area contributed by atoms with E-state index < -0.39 is 6.04 Å². The highest BCUT2D eigenvalue weighted by atomic mass is 16.5. The van der Waals surface area contributed by atoms with Crippen molar-refractivity contribution in [3.05, 3.63) is 112 Å². The number of hydrogen-bond acceptors (Lipinski definition) is 5. The molecule has 1 atom stereocenters. The van der Waals surface area contributed by atoms with Crippen LogP contribution in [0, 0.1) is 20.8 Å². The average molecular weight is 480 g/mol. The van der Waals surface area contributed by atoms with Crippen LogP contribution in [0.2, 0.25) is 0 Å². The van der Waals surface area contributed by atoms with Gasteiger partial charge in [-0.1, -0.05) is 54.1 Å². The Hall–Kier alpha value is -4.39. The normalized spacial score (nSPS) is 14.7. The molecular weight excluding hydrogens is 450 g/mol. The van der Waals surface area contributed by atoms with Gasteiger partial charge in [-0.2, -0.15) is 10.1 Å². The molecule has 1 amide bonds. The topological polar surface area (TPSA) is 81.1 Å². The van der Waals surface area contributed by atoms with E-state index in [9.17, 15) is 4.79 Å². The number of allylic oxidation sites excluding steroid dienone is 1. The van der Waals surface area contributed by atoms with Crippen LogP contribution in [0.5, 0.6) is 5.75 Å². The smallest absolute Gasteiger partial charge is 0.255 e. The second-order valence-electron chi connectivity index (χ2n) is 9.15. The Labute approximate surface area is 210 Å². The molecule has 2 N–H and O–H groups in total. The first-order valence-electron chi connectivity index (χ1n) is 11.9. The minimum absolute atomic E-state index is 0.182. The lowest BCUT2D eigenvalue weighted by molar-refractivity contribution is -0.113. The number of carbonyl (C=O) groups is 1. The number of benzene rings is 3. The van der Waals surface area contributed by atoms with E-state index in [-0.39, 0.29) is 5.91 Å². The van der Waals surface area contributed by atoms with Crippen molar-refractivity contribution in [3.8, 4) is 5.75 Å². The molecule has 0 saturated carbocycles. The molecule has 0 aliphatic carbocycles. The lowest BCUT2D eigenvalue weighted by Crippen LogP contribution is -2.31. The van der Waals surface area contributed by atoms with Gasteiger partial charge in [-0.25, -0.2) is 4.68 Å². The summed E-state index contributed by atoms with van der Waals surface area (Å²) in [6, 6.07) is 21.6. The number of carbonyl (C=O) groups excluding carboxylic acids is 1. The van der Waals surface area contributed by atoms with E-state index in [0.29, 0.717) is 18.1 Å². The maximum atomic E-state index is 13.6. The van der Waals surface area contributed by atoms with Crippen molar-refractivity contribution in [2.75, 3.05) is 10.6 Å². The Kier molecular flexibility index (Phi) is 6.29. The first kappa shape index (κ1) is 23.4. The van der Waals surface area contributed by atoms with Crippen LogP contribution < -0.4 is 15.4 Å². The molecule has 7 heteroatoms. The van der Waals surface area contributed by atoms with Gasteiger partial charge < -0.3 is 15.4 Å². The van der Waals surface area contributed by atoms with Crippen LogP contribution in [0.25, 0.3) is 0 Å². The van der Waals surface area contributed by atoms with Gasteiger partial charge in [0.25, 0.3) is 5.91 Å². The van der Waals surface area contributed by atoms with E-state index in [4.69, 9.17) is 4.74 Å². The van der Waals surface area contributed by atoms with Crippen LogP contribution >= 0.6 is 0 Å². The Morgan fingerprint density at radius 1 is 1.00 bits per heavy atom. The summed E-state index contributed by atoms with van der Waals surface area (Å²) >= 11 is 0. The molecule has 0 saturated heterocycles. The van der Waals surface area contributed by atoms with Crippen LogP contribution in [0.3, 0.4) is 0 Å². The van der Waals surface area contributed by atoms with Crippen LogP contribution in [0.15, 0.2) is 84.3 Å². The quantitative estimate of drug-likeness (QED) is 0.370. The Morgan fingerprint density at radius 2 is 1.78 bits per heavy atom. The Bertz CT molecular complexity index is 1450. The van der Waals surface area contributed by atoms with Gasteiger partial charge in [-0.3, -0.25) is 4.79 Å². The van der Waals surface area contributed by atoms with Gasteiger partial charge in [0, 0.05) is 11.4 Å². The molecule has 3 aromatic carbocycles. The first-order valence-corrected chi connectivity index (χ1v) is 11.9. The second kappa shape index (κ2) is 9.70. The van der Waals surface area contributed by atoms with Crippen molar-refractivity contribution in [2.45, 2.75) is 40.3 Å². The van der Waals surface area contributed by atoms with Crippen LogP contribution in [0.4, 0.5) is 11.6 Å². The van der Waals surface area contributed by atoms with Crippen LogP contribution in [0.1, 0.15) is 40.8 Å². The van der Waals surface area contributed by atoms with E-state index in [1.807, 2.05) is 69.3 Å². The highest BCUT2D eigenvalue weighted by Gasteiger charge is 2.33. The fourth-order valence-electron chi connectivity index (χ4n) is 4.52. The molecular formula is C29H29N5O2. The fraction of sp³-hybridized carbons (Fsp3) is 0.207. The molecule has 1 aliphatic heterocycles. The zero-order chi connectivity index (χ0) is 25.2. The number of aryl methyl sites for hydroxylation is 3. The lowest BCUT2D eigenvalue weighted by Gasteiger charge is -2.29. The third kappa shape index (κ3) is 4.60. The Morgan fingerprint density at radius 3 is 2.53 bits per heavy atom. The van der Waals surface area contributed by atoms with Crippen LogP contribution in [-0.4, -0.2) is 20.7 Å². The number of amides is 1. The minimum atomic E-state index is -0.431. The number of nitrogens with zero attached hydrogens (tertiary/aromatic N) is 3. The van der Waals surface area contributed by atoms with E-state index in [0.717, 1.165) is 39.4 Å². The molecule has 0 radical (unpaired) electrons. The summed E-state index contributed by atoms with van der Waals surface area (Å²) in [5, 5.41) is 10.7. The minimum Gasteiger partial charge on any atom is -0.489 e. The van der Waals surface area contributed by atoms with Gasteiger partial charge in [0.15, 0.2) is 0 Å². The number of hydrogen-bond donors (Lipinski definition) is 2. The molecule has 1 aliphatic rings. The summed E-state index contributed by atoms with van der Waals surface area (Å²) < 4.78 is 7.77. The molecule has 2 heterocycles. The first-order chi connectivity index (χ1) is 17.4. The van der Waals surface area contributed by atoms with E-state index in [2.05, 4.69) is 45.8 Å². The van der Waals surface area contributed by atoms with Crippen molar-refractivity contribution < 1.29 is 9.53 Å². The predicted molar refractivity (Wildman–Crippen MR) is 141 cm³/mol. The predicted octanol–water partition coefficient (Wildman–Crippen LogP) is 5.71. The molecule has 4 aromatic rings. The average Bonchev–Trinajstić information content (AvgIpc) is 3.33. The molecule has 0 spiro atoms. The molecule has 36 heavy (non-hydrogen) atoms. The van der Waals surface area contributed by atoms with Crippen LogP contribution in [-0.2, 0) is 11.4 Å². The highest BCUT2D eigenvalue weighted by molar-refractivity contribution is 6.06. The molecule has 1 aromatic heterocycles. The second-order valence-corrected chi connectivity index (χ2v) is 9.15. The maximum absolute atomic E-state index is 13.6. The number of nitrogens with one attached hydrogen (secondary N) is 2.